The van der Waals surface area contributed by atoms with Crippen molar-refractivity contribution in [1.82, 2.24) is 4.90 Å². The first-order valence-electron chi connectivity index (χ1n) is 9.10. The van der Waals surface area contributed by atoms with Crippen LogP contribution in [0.4, 0.5) is 23.2 Å². The number of amides is 1. The number of rotatable bonds is 7. The number of alkyl halides is 3. The predicted molar refractivity (Wildman–Crippen MR) is 100 cm³/mol. The van der Waals surface area contributed by atoms with Crippen LogP contribution >= 0.6 is 0 Å². The van der Waals surface area contributed by atoms with Crippen LogP contribution in [-0.2, 0) is 17.5 Å². The second kappa shape index (κ2) is 8.23. The van der Waals surface area contributed by atoms with Gasteiger partial charge in [-0.25, -0.2) is 4.39 Å². The van der Waals surface area contributed by atoms with Crippen LogP contribution < -0.4 is 4.90 Å². The van der Waals surface area contributed by atoms with Gasteiger partial charge in [0.1, 0.15) is 5.82 Å². The van der Waals surface area contributed by atoms with Crippen LogP contribution in [-0.4, -0.2) is 36.7 Å². The maximum absolute atomic E-state index is 13.1. The van der Waals surface area contributed by atoms with Gasteiger partial charge in [0.2, 0.25) is 5.91 Å². The van der Waals surface area contributed by atoms with Crippen LogP contribution in [0.1, 0.15) is 34.3 Å². The molecule has 3 rings (SSSR count). The lowest BCUT2D eigenvalue weighted by Crippen LogP contribution is -2.40. The highest BCUT2D eigenvalue weighted by molar-refractivity contribution is 5.88. The molecule has 2 aromatic rings. The number of hydrogen-bond donors (Lipinski definition) is 0. The molecule has 2 aromatic carbocycles. The van der Waals surface area contributed by atoms with E-state index in [0.29, 0.717) is 12.8 Å². The highest BCUT2D eigenvalue weighted by atomic mass is 19.4. The average Bonchev–Trinajstić information content (AvgIpc) is 3.51. The summed E-state index contributed by atoms with van der Waals surface area (Å²) in [5.41, 5.74) is -0.0121. The van der Waals surface area contributed by atoms with E-state index in [4.69, 9.17) is 0 Å². The van der Waals surface area contributed by atoms with Crippen LogP contribution in [0.15, 0.2) is 42.5 Å². The first-order valence-corrected chi connectivity index (χ1v) is 9.10. The highest BCUT2D eigenvalue weighted by Gasteiger charge is 2.34. The van der Waals surface area contributed by atoms with Crippen LogP contribution in [0.5, 0.6) is 0 Å². The van der Waals surface area contributed by atoms with Gasteiger partial charge >= 0.3 is 6.18 Å². The van der Waals surface area contributed by atoms with Crippen molar-refractivity contribution in [2.75, 3.05) is 18.5 Å². The normalized spacial score (nSPS) is 13.8. The average molecular weight is 408 g/mol. The summed E-state index contributed by atoms with van der Waals surface area (Å²) in [4.78, 5) is 27.3. The lowest BCUT2D eigenvalue weighted by atomic mass is 10.1. The monoisotopic (exact) mass is 408 g/mol. The molecule has 0 spiro atoms. The minimum absolute atomic E-state index is 0.0934. The van der Waals surface area contributed by atoms with E-state index in [9.17, 15) is 27.2 Å². The molecule has 1 saturated carbocycles. The Balaban J connectivity index is 1.74. The van der Waals surface area contributed by atoms with Gasteiger partial charge in [-0.05, 0) is 48.7 Å². The van der Waals surface area contributed by atoms with Crippen LogP contribution in [0.3, 0.4) is 0 Å². The molecule has 0 saturated heterocycles. The summed E-state index contributed by atoms with van der Waals surface area (Å²) in [5, 5.41) is 0. The number of benzene rings is 2. The van der Waals surface area contributed by atoms with Crippen molar-refractivity contribution in [3.05, 3.63) is 65.0 Å². The van der Waals surface area contributed by atoms with Gasteiger partial charge in [0.15, 0.2) is 6.29 Å². The number of carbonyl (C=O) groups excluding carboxylic acids is 2. The van der Waals surface area contributed by atoms with E-state index in [2.05, 4.69) is 0 Å². The summed E-state index contributed by atoms with van der Waals surface area (Å²) in [6, 6.07) is 8.84. The number of aldehydes is 1. The van der Waals surface area contributed by atoms with Gasteiger partial charge < -0.3 is 9.80 Å². The van der Waals surface area contributed by atoms with Gasteiger partial charge in [-0.3, -0.25) is 9.59 Å². The molecule has 0 bridgehead atoms. The molecule has 0 atom stereocenters. The van der Waals surface area contributed by atoms with Gasteiger partial charge in [-0.1, -0.05) is 12.1 Å². The second-order valence-electron chi connectivity index (χ2n) is 7.12. The van der Waals surface area contributed by atoms with E-state index < -0.39 is 11.7 Å². The Kier molecular flexibility index (Phi) is 5.91. The van der Waals surface area contributed by atoms with Gasteiger partial charge in [-0.15, -0.1) is 0 Å². The lowest BCUT2D eigenvalue weighted by Gasteiger charge is -2.27. The third kappa shape index (κ3) is 5.13. The van der Waals surface area contributed by atoms with Crippen LogP contribution in [0.25, 0.3) is 0 Å². The summed E-state index contributed by atoms with van der Waals surface area (Å²) < 4.78 is 51.7. The molecule has 0 radical (unpaired) electrons. The molecule has 1 fully saturated rings. The molecule has 8 heteroatoms. The Morgan fingerprint density at radius 3 is 2.34 bits per heavy atom. The van der Waals surface area contributed by atoms with E-state index in [1.165, 1.54) is 23.1 Å². The fraction of sp³-hybridized carbons (Fsp3) is 0.333. The Labute approximate surface area is 165 Å². The predicted octanol–water partition coefficient (Wildman–Crippen LogP) is 4.28. The Morgan fingerprint density at radius 2 is 1.79 bits per heavy atom. The maximum Gasteiger partial charge on any atom is 0.416 e. The third-order valence-electron chi connectivity index (χ3n) is 4.84. The number of likely N-dealkylation sites (N-methyl/N-ethyl adjacent to an activating group) is 1. The summed E-state index contributed by atoms with van der Waals surface area (Å²) in [7, 11) is 1.55. The smallest absolute Gasteiger partial charge is 0.365 e. The molecule has 0 aliphatic heterocycles. The first kappa shape index (κ1) is 20.8. The van der Waals surface area contributed by atoms with Crippen LogP contribution in [0.2, 0.25) is 0 Å². The Hall–Kier alpha value is -2.90. The molecule has 1 aliphatic carbocycles. The van der Waals surface area contributed by atoms with E-state index in [0.717, 1.165) is 30.5 Å². The topological polar surface area (TPSA) is 40.6 Å². The van der Waals surface area contributed by atoms with E-state index in [1.54, 1.807) is 24.1 Å². The molecule has 29 heavy (non-hydrogen) atoms. The molecule has 1 amide bonds. The maximum atomic E-state index is 13.1. The largest absolute Gasteiger partial charge is 0.416 e. The number of nitrogens with zero attached hydrogens (tertiary/aromatic N) is 2. The highest BCUT2D eigenvalue weighted by Crippen LogP contribution is 2.33. The standard InChI is InChI=1S/C21H20F4N2O2/c1-26(19-9-4-16(21(23,24)25)10-15(19)13-28)12-20(29)27(18-7-8-18)11-14-2-5-17(22)6-3-14/h2-6,9-10,13,18H,7-8,11-12H2,1H3. The minimum atomic E-state index is -4.55. The van der Waals surface area contributed by atoms with Crippen molar-refractivity contribution >= 4 is 17.9 Å². The quantitative estimate of drug-likeness (QED) is 0.507. The van der Waals surface area contributed by atoms with Gasteiger partial charge in [0.25, 0.3) is 0 Å². The summed E-state index contributed by atoms with van der Waals surface area (Å²) in [5.74, 6) is -0.572. The van der Waals surface area contributed by atoms with E-state index >= 15 is 0 Å². The fourth-order valence-electron chi connectivity index (χ4n) is 3.15. The van der Waals surface area contributed by atoms with Gasteiger partial charge in [0, 0.05) is 30.9 Å². The molecular formula is C21H20F4N2O2. The zero-order valence-corrected chi connectivity index (χ0v) is 15.7. The molecular weight excluding hydrogens is 388 g/mol. The van der Waals surface area contributed by atoms with Crippen molar-refractivity contribution in [3.63, 3.8) is 0 Å². The number of hydrogen-bond acceptors (Lipinski definition) is 3. The molecule has 0 aromatic heterocycles. The lowest BCUT2D eigenvalue weighted by molar-refractivity contribution is -0.137. The molecule has 0 N–H and O–H groups in total. The summed E-state index contributed by atoms with van der Waals surface area (Å²) >= 11 is 0. The SMILES string of the molecule is CN(CC(=O)N(Cc1ccc(F)cc1)C1CC1)c1ccc(C(F)(F)F)cc1C=O. The van der Waals surface area contributed by atoms with Crippen molar-refractivity contribution in [2.24, 2.45) is 0 Å². The van der Waals surface area contributed by atoms with Gasteiger partial charge in [0.05, 0.1) is 12.1 Å². The van der Waals surface area contributed by atoms with Gasteiger partial charge in [-0.2, -0.15) is 13.2 Å². The Morgan fingerprint density at radius 1 is 1.14 bits per heavy atom. The van der Waals surface area contributed by atoms with Crippen LogP contribution in [0, 0.1) is 5.82 Å². The first-order chi connectivity index (χ1) is 13.7. The van der Waals surface area contributed by atoms with E-state index in [1.807, 2.05) is 0 Å². The molecule has 154 valence electrons. The van der Waals surface area contributed by atoms with Crippen molar-refractivity contribution in [3.8, 4) is 0 Å². The minimum Gasteiger partial charge on any atom is -0.365 e. The number of halogens is 4. The van der Waals surface area contributed by atoms with Crippen molar-refractivity contribution in [2.45, 2.75) is 31.6 Å². The zero-order valence-electron chi connectivity index (χ0n) is 15.7. The molecule has 0 heterocycles. The van der Waals surface area contributed by atoms with E-state index in [-0.39, 0.29) is 35.6 Å². The Bertz CT molecular complexity index is 893. The molecule has 0 unspecified atom stereocenters. The number of carbonyl (C=O) groups is 2. The second-order valence-corrected chi connectivity index (χ2v) is 7.12. The summed E-state index contributed by atoms with van der Waals surface area (Å²) in [6.07, 6.45) is -2.46. The van der Waals surface area contributed by atoms with Crippen molar-refractivity contribution < 1.29 is 27.2 Å². The fourth-order valence-corrected chi connectivity index (χ4v) is 3.15. The van der Waals surface area contributed by atoms with Crippen molar-refractivity contribution in [1.29, 1.82) is 0 Å². The molecule has 4 nitrogen and oxygen atoms in total. The zero-order chi connectivity index (χ0) is 21.2. The molecule has 1 aliphatic rings. The third-order valence-corrected chi connectivity index (χ3v) is 4.84. The summed E-state index contributed by atoms with van der Waals surface area (Å²) in [6.45, 7) is 0.231. The number of anilines is 1.